The van der Waals surface area contributed by atoms with Crippen LogP contribution in [0.15, 0.2) is 30.5 Å². The van der Waals surface area contributed by atoms with E-state index in [1.54, 1.807) is 12.3 Å². The van der Waals surface area contributed by atoms with Crippen molar-refractivity contribution in [2.45, 2.75) is 64.5 Å². The van der Waals surface area contributed by atoms with Crippen molar-refractivity contribution < 1.29 is 27.5 Å². The average molecular weight is 371 g/mol. The third-order valence-electron chi connectivity index (χ3n) is 3.81. The van der Waals surface area contributed by atoms with Crippen LogP contribution in [0, 0.1) is 0 Å². The van der Waals surface area contributed by atoms with Crippen molar-refractivity contribution in [2.24, 2.45) is 0 Å². The van der Waals surface area contributed by atoms with Crippen LogP contribution in [0.4, 0.5) is 13.2 Å². The molecule has 0 aliphatic heterocycles. The predicted molar refractivity (Wildman–Crippen MR) is 91.3 cm³/mol. The zero-order valence-electron chi connectivity index (χ0n) is 14.9. The van der Waals surface area contributed by atoms with Crippen LogP contribution in [0.3, 0.4) is 0 Å². The Kier molecular flexibility index (Phi) is 9.02. The molecule has 7 heteroatoms. The Balaban J connectivity index is 2.40. The first kappa shape index (κ1) is 21.9. The standard InChI is InChI=1S/C19H24F3NO3/c1-3-4-5-6-7-8-9-15-10-11-16(23-13-15)12-14(2)17(24)26-18(25)19(20,21)22/h10-11,13H,2-9,12H2,1H3. The van der Waals surface area contributed by atoms with Gasteiger partial charge in [0.1, 0.15) is 0 Å². The molecule has 1 heterocycles. The summed E-state index contributed by atoms with van der Waals surface area (Å²) in [6.45, 7) is 5.53. The molecule has 0 radical (unpaired) electrons. The van der Waals surface area contributed by atoms with Crippen LogP contribution in [0.25, 0.3) is 0 Å². The zero-order chi connectivity index (χ0) is 19.6. The summed E-state index contributed by atoms with van der Waals surface area (Å²) < 4.78 is 39.9. The van der Waals surface area contributed by atoms with Crippen LogP contribution in [0.2, 0.25) is 0 Å². The Morgan fingerprint density at radius 2 is 1.77 bits per heavy atom. The highest BCUT2D eigenvalue weighted by atomic mass is 19.4. The molecule has 0 bridgehead atoms. The van der Waals surface area contributed by atoms with Crippen molar-refractivity contribution in [1.82, 2.24) is 4.98 Å². The number of pyridine rings is 1. The molecule has 0 unspecified atom stereocenters. The minimum absolute atomic E-state index is 0.0821. The van der Waals surface area contributed by atoms with E-state index in [2.05, 4.69) is 23.2 Å². The molecule has 1 aromatic rings. The minimum atomic E-state index is -5.22. The van der Waals surface area contributed by atoms with Crippen LogP contribution in [-0.2, 0) is 27.2 Å². The smallest absolute Gasteiger partial charge is 0.383 e. The van der Waals surface area contributed by atoms with E-state index in [0.29, 0.717) is 5.69 Å². The molecule has 0 aliphatic rings. The van der Waals surface area contributed by atoms with E-state index in [-0.39, 0.29) is 12.0 Å². The lowest BCUT2D eigenvalue weighted by Gasteiger charge is -2.08. The third kappa shape index (κ3) is 8.27. The average Bonchev–Trinajstić information content (AvgIpc) is 2.58. The molecular formula is C19H24F3NO3. The topological polar surface area (TPSA) is 56.3 Å². The Hall–Kier alpha value is -2.18. The highest BCUT2D eigenvalue weighted by Gasteiger charge is 2.42. The SMILES string of the molecule is C=C(Cc1ccc(CCCCCCCC)cn1)C(=O)OC(=O)C(F)(F)F. The zero-order valence-corrected chi connectivity index (χ0v) is 14.9. The molecule has 0 aromatic carbocycles. The monoisotopic (exact) mass is 371 g/mol. The fourth-order valence-corrected chi connectivity index (χ4v) is 2.32. The number of rotatable bonds is 10. The molecule has 1 rings (SSSR count). The number of aromatic nitrogens is 1. The number of ether oxygens (including phenoxy) is 1. The highest BCUT2D eigenvalue weighted by molar-refractivity contribution is 5.97. The molecule has 0 saturated carbocycles. The summed E-state index contributed by atoms with van der Waals surface area (Å²) in [5.41, 5.74) is 1.27. The first-order chi connectivity index (χ1) is 12.2. The van der Waals surface area contributed by atoms with Gasteiger partial charge >= 0.3 is 18.1 Å². The molecule has 0 spiro atoms. The Morgan fingerprint density at radius 3 is 2.35 bits per heavy atom. The van der Waals surface area contributed by atoms with E-state index in [4.69, 9.17) is 0 Å². The molecule has 0 saturated heterocycles. The number of alkyl halides is 3. The van der Waals surface area contributed by atoms with Crippen LogP contribution in [0.5, 0.6) is 0 Å². The number of carbonyl (C=O) groups excluding carboxylic acids is 2. The Labute approximate surface area is 151 Å². The second-order valence-corrected chi connectivity index (χ2v) is 6.13. The van der Waals surface area contributed by atoms with Crippen LogP contribution < -0.4 is 0 Å². The van der Waals surface area contributed by atoms with E-state index < -0.39 is 18.1 Å². The van der Waals surface area contributed by atoms with Gasteiger partial charge in [0.25, 0.3) is 0 Å². The molecule has 4 nitrogen and oxygen atoms in total. The summed E-state index contributed by atoms with van der Waals surface area (Å²) in [7, 11) is 0. The second-order valence-electron chi connectivity index (χ2n) is 6.13. The molecule has 0 aliphatic carbocycles. The number of carbonyl (C=O) groups is 2. The van der Waals surface area contributed by atoms with Gasteiger partial charge in [-0.15, -0.1) is 0 Å². The Bertz CT molecular complexity index is 609. The summed E-state index contributed by atoms with van der Waals surface area (Å²) in [6, 6.07) is 3.56. The van der Waals surface area contributed by atoms with Gasteiger partial charge in [0.05, 0.1) is 0 Å². The minimum Gasteiger partial charge on any atom is -0.383 e. The highest BCUT2D eigenvalue weighted by Crippen LogP contribution is 2.18. The molecule has 26 heavy (non-hydrogen) atoms. The van der Waals surface area contributed by atoms with Crippen molar-refractivity contribution in [3.8, 4) is 0 Å². The van der Waals surface area contributed by atoms with Crippen molar-refractivity contribution in [1.29, 1.82) is 0 Å². The third-order valence-corrected chi connectivity index (χ3v) is 3.81. The van der Waals surface area contributed by atoms with Crippen LogP contribution in [0.1, 0.15) is 56.7 Å². The van der Waals surface area contributed by atoms with E-state index in [1.165, 1.54) is 25.7 Å². The van der Waals surface area contributed by atoms with Crippen molar-refractivity contribution in [3.63, 3.8) is 0 Å². The lowest BCUT2D eigenvalue weighted by atomic mass is 10.1. The fraction of sp³-hybridized carbons (Fsp3) is 0.526. The van der Waals surface area contributed by atoms with Gasteiger partial charge in [-0.2, -0.15) is 13.2 Å². The summed E-state index contributed by atoms with van der Waals surface area (Å²) in [5, 5.41) is 0. The fourth-order valence-electron chi connectivity index (χ4n) is 2.32. The van der Waals surface area contributed by atoms with Crippen molar-refractivity contribution >= 4 is 11.9 Å². The molecule has 0 amide bonds. The van der Waals surface area contributed by atoms with Crippen molar-refractivity contribution in [3.05, 3.63) is 41.7 Å². The number of hydrogen-bond acceptors (Lipinski definition) is 4. The van der Waals surface area contributed by atoms with Gasteiger partial charge in [-0.3, -0.25) is 4.98 Å². The molecule has 1 aromatic heterocycles. The van der Waals surface area contributed by atoms with Crippen LogP contribution in [-0.4, -0.2) is 23.1 Å². The molecule has 0 fully saturated rings. The quantitative estimate of drug-likeness (QED) is 0.259. The molecule has 0 N–H and O–H groups in total. The van der Waals surface area contributed by atoms with Crippen LogP contribution >= 0.6 is 0 Å². The van der Waals surface area contributed by atoms with Crippen molar-refractivity contribution in [2.75, 3.05) is 0 Å². The number of halogens is 3. The van der Waals surface area contributed by atoms with Gasteiger partial charge in [-0.25, -0.2) is 9.59 Å². The summed E-state index contributed by atoms with van der Waals surface area (Å²) >= 11 is 0. The lowest BCUT2D eigenvalue weighted by molar-refractivity contribution is -0.200. The summed E-state index contributed by atoms with van der Waals surface area (Å²) in [6.07, 6.45) is 4.48. The molecular weight excluding hydrogens is 347 g/mol. The molecule has 144 valence electrons. The predicted octanol–water partition coefficient (Wildman–Crippen LogP) is 4.72. The first-order valence-corrected chi connectivity index (χ1v) is 8.69. The number of esters is 2. The maximum atomic E-state index is 12.1. The Morgan fingerprint density at radius 1 is 1.12 bits per heavy atom. The number of nitrogens with zero attached hydrogens (tertiary/aromatic N) is 1. The maximum absolute atomic E-state index is 12.1. The molecule has 0 atom stereocenters. The van der Waals surface area contributed by atoms with Gasteiger partial charge in [0.15, 0.2) is 0 Å². The number of unbranched alkanes of at least 4 members (excludes halogenated alkanes) is 5. The second kappa shape index (κ2) is 10.7. The van der Waals surface area contributed by atoms with E-state index in [9.17, 15) is 22.8 Å². The summed E-state index contributed by atoms with van der Waals surface area (Å²) in [4.78, 5) is 26.3. The number of hydrogen-bond donors (Lipinski definition) is 0. The van der Waals surface area contributed by atoms with E-state index in [0.717, 1.165) is 24.8 Å². The first-order valence-electron chi connectivity index (χ1n) is 8.69. The number of aryl methyl sites for hydroxylation is 1. The van der Waals surface area contributed by atoms with Gasteiger partial charge < -0.3 is 4.74 Å². The summed E-state index contributed by atoms with van der Waals surface area (Å²) in [5.74, 6) is -3.95. The van der Waals surface area contributed by atoms with Gasteiger partial charge in [0.2, 0.25) is 0 Å². The van der Waals surface area contributed by atoms with Gasteiger partial charge in [-0.1, -0.05) is 51.7 Å². The largest absolute Gasteiger partial charge is 0.491 e. The normalized spacial score (nSPS) is 11.2. The van der Waals surface area contributed by atoms with E-state index in [1.807, 2.05) is 6.07 Å². The van der Waals surface area contributed by atoms with E-state index >= 15 is 0 Å². The lowest BCUT2D eigenvalue weighted by Crippen LogP contribution is -2.28. The van der Waals surface area contributed by atoms with Gasteiger partial charge in [-0.05, 0) is 24.5 Å². The van der Waals surface area contributed by atoms with Gasteiger partial charge in [0, 0.05) is 23.9 Å². The maximum Gasteiger partial charge on any atom is 0.491 e.